The van der Waals surface area contributed by atoms with Crippen molar-refractivity contribution in [1.82, 2.24) is 4.23 Å². The molecule has 0 spiro atoms. The van der Waals surface area contributed by atoms with Crippen molar-refractivity contribution in [3.05, 3.63) is 0 Å². The lowest BCUT2D eigenvalue weighted by Gasteiger charge is -2.53. The van der Waals surface area contributed by atoms with Crippen LogP contribution in [-0.2, 0) is 8.85 Å². The first-order chi connectivity index (χ1) is 13.2. The van der Waals surface area contributed by atoms with Gasteiger partial charge in [-0.25, -0.2) is 0 Å². The molecule has 0 rings (SSSR count). The van der Waals surface area contributed by atoms with Gasteiger partial charge in [0.25, 0.3) is 0 Å². The van der Waals surface area contributed by atoms with Gasteiger partial charge >= 0.3 is 8.56 Å². The molecule has 170 valence electrons. The quantitative estimate of drug-likeness (QED) is 0.167. The third-order valence-corrected chi connectivity index (χ3v) is 25.2. The van der Waals surface area contributed by atoms with Crippen LogP contribution in [0.4, 0.5) is 0 Å². The molecule has 0 aliphatic heterocycles. The molecule has 1 atom stereocenters. The molecule has 0 saturated carbocycles. The van der Waals surface area contributed by atoms with E-state index >= 15 is 0 Å². The normalized spacial score (nSPS) is 14.7. The highest BCUT2D eigenvalue weighted by Crippen LogP contribution is 2.37. The van der Waals surface area contributed by atoms with E-state index in [1.54, 1.807) is 14.2 Å². The minimum atomic E-state index is -1.91. The Kier molecular flexibility index (Phi) is 14.5. The van der Waals surface area contributed by atoms with Crippen LogP contribution in [0.15, 0.2) is 0 Å². The summed E-state index contributed by atoms with van der Waals surface area (Å²) in [6.45, 7) is 20.8. The van der Waals surface area contributed by atoms with Crippen molar-refractivity contribution in [1.29, 1.82) is 0 Å². The van der Waals surface area contributed by atoms with Gasteiger partial charge in [0.05, 0.1) is 0 Å². The maximum Gasteiger partial charge on any atom is 0.334 e. The summed E-state index contributed by atoms with van der Waals surface area (Å²) in [7, 11) is -0.995. The van der Waals surface area contributed by atoms with E-state index in [1.165, 1.54) is 55.0 Å². The first-order valence-corrected chi connectivity index (χ1v) is 20.4. The molecule has 3 nitrogen and oxygen atoms in total. The predicted octanol–water partition coefficient (Wildman–Crippen LogP) is 7.18. The lowest BCUT2D eigenvalue weighted by molar-refractivity contribution is 0.249. The molecule has 0 fully saturated rings. The van der Waals surface area contributed by atoms with E-state index in [2.05, 4.69) is 71.0 Å². The van der Waals surface area contributed by atoms with Gasteiger partial charge in [-0.2, -0.15) is 11.8 Å². The van der Waals surface area contributed by atoms with Gasteiger partial charge in [0.1, 0.15) is 16.5 Å². The number of thioether (sulfide) groups is 1. The summed E-state index contributed by atoms with van der Waals surface area (Å²) in [5.74, 6) is 1.22. The number of rotatable bonds is 17. The average Bonchev–Trinajstić information content (AvgIpc) is 2.74. The van der Waals surface area contributed by atoms with Gasteiger partial charge in [0, 0.05) is 19.5 Å². The Morgan fingerprint density at radius 1 is 0.786 bits per heavy atom. The molecule has 0 aromatic carbocycles. The smallest absolute Gasteiger partial charge is 0.334 e. The summed E-state index contributed by atoms with van der Waals surface area (Å²) in [5, 5.41) is 0.714. The van der Waals surface area contributed by atoms with Crippen LogP contribution in [0, 0.1) is 0 Å². The minimum absolute atomic E-state index is 0.714. The standard InChI is InChI=1S/C21H51NO2SSi3/c1-11-27(12-2,13-3)22(28(14-4,15-5)16-6)20-21(7)25-18-17-19-26(10,23-8)24-9/h21H,11-20H2,1-10H3. The van der Waals surface area contributed by atoms with Gasteiger partial charge in [-0.05, 0) is 67.6 Å². The van der Waals surface area contributed by atoms with Crippen molar-refractivity contribution in [3.63, 3.8) is 0 Å². The van der Waals surface area contributed by atoms with Crippen molar-refractivity contribution in [2.75, 3.05) is 26.5 Å². The fourth-order valence-electron chi connectivity index (χ4n) is 4.81. The molecule has 0 heterocycles. The first-order valence-electron chi connectivity index (χ1n) is 11.7. The molecule has 0 aromatic rings. The van der Waals surface area contributed by atoms with Gasteiger partial charge in [-0.3, -0.25) is 0 Å². The maximum atomic E-state index is 5.65. The van der Waals surface area contributed by atoms with Crippen LogP contribution in [0.5, 0.6) is 0 Å². The average molecular weight is 466 g/mol. The summed E-state index contributed by atoms with van der Waals surface area (Å²) < 4.78 is 14.5. The summed E-state index contributed by atoms with van der Waals surface area (Å²) in [6, 6.07) is 9.58. The van der Waals surface area contributed by atoms with Crippen molar-refractivity contribution >= 4 is 36.8 Å². The van der Waals surface area contributed by atoms with Crippen LogP contribution < -0.4 is 0 Å². The van der Waals surface area contributed by atoms with Crippen molar-refractivity contribution < 1.29 is 8.85 Å². The van der Waals surface area contributed by atoms with E-state index in [0.29, 0.717) is 5.25 Å². The number of nitrogens with zero attached hydrogens (tertiary/aromatic N) is 1. The minimum Gasteiger partial charge on any atom is -0.398 e. The Labute approximate surface area is 185 Å². The van der Waals surface area contributed by atoms with Gasteiger partial charge in [0.15, 0.2) is 0 Å². The molecular weight excluding hydrogens is 415 g/mol. The monoisotopic (exact) mass is 465 g/mol. The Bertz CT molecular complexity index is 367. The zero-order valence-corrected chi connectivity index (χ0v) is 24.6. The van der Waals surface area contributed by atoms with Crippen LogP contribution >= 0.6 is 11.8 Å². The van der Waals surface area contributed by atoms with Crippen LogP contribution in [0.25, 0.3) is 0 Å². The fraction of sp³-hybridized carbons (Fsp3) is 1.00. The van der Waals surface area contributed by atoms with Crippen molar-refractivity contribution in [3.8, 4) is 0 Å². The van der Waals surface area contributed by atoms with E-state index in [0.717, 1.165) is 6.04 Å². The molecule has 0 aromatic heterocycles. The Morgan fingerprint density at radius 2 is 1.18 bits per heavy atom. The Hall–Kier alpha value is 0.881. The molecule has 0 saturated heterocycles. The Balaban J connectivity index is 5.19. The lowest BCUT2D eigenvalue weighted by atomic mass is 10.5. The van der Waals surface area contributed by atoms with E-state index < -0.39 is 25.0 Å². The molecule has 1 unspecified atom stereocenters. The van der Waals surface area contributed by atoms with Crippen LogP contribution in [0.1, 0.15) is 54.9 Å². The molecule has 0 bridgehead atoms. The van der Waals surface area contributed by atoms with Crippen molar-refractivity contribution in [2.45, 2.75) is 109 Å². The first kappa shape index (κ1) is 28.9. The molecule has 0 radical (unpaired) electrons. The zero-order chi connectivity index (χ0) is 21.8. The third-order valence-electron chi connectivity index (χ3n) is 7.57. The second kappa shape index (κ2) is 14.0. The van der Waals surface area contributed by atoms with Crippen LogP contribution in [-0.4, -0.2) is 61.0 Å². The Morgan fingerprint density at radius 3 is 1.50 bits per heavy atom. The second-order valence-electron chi connectivity index (χ2n) is 8.51. The summed E-state index contributed by atoms with van der Waals surface area (Å²) >= 11 is 2.18. The predicted molar refractivity (Wildman–Crippen MR) is 138 cm³/mol. The summed E-state index contributed by atoms with van der Waals surface area (Å²) in [5.41, 5.74) is 0. The highest BCUT2D eigenvalue weighted by Gasteiger charge is 2.46. The second-order valence-corrected chi connectivity index (χ2v) is 24.3. The van der Waals surface area contributed by atoms with Gasteiger partial charge in [-0.15, -0.1) is 0 Å². The molecule has 7 heteroatoms. The maximum absolute atomic E-state index is 5.65. The fourth-order valence-corrected chi connectivity index (χ4v) is 21.2. The molecule has 28 heavy (non-hydrogen) atoms. The molecule has 0 N–H and O–H groups in total. The lowest BCUT2D eigenvalue weighted by Crippen LogP contribution is -2.67. The van der Waals surface area contributed by atoms with Gasteiger partial charge in [0.2, 0.25) is 0 Å². The summed E-state index contributed by atoms with van der Waals surface area (Å²) in [6.07, 6.45) is 1.20. The van der Waals surface area contributed by atoms with E-state index in [-0.39, 0.29) is 0 Å². The largest absolute Gasteiger partial charge is 0.398 e. The van der Waals surface area contributed by atoms with E-state index in [4.69, 9.17) is 8.85 Å². The van der Waals surface area contributed by atoms with E-state index in [9.17, 15) is 0 Å². The van der Waals surface area contributed by atoms with Gasteiger partial charge < -0.3 is 13.1 Å². The topological polar surface area (TPSA) is 21.7 Å². The highest BCUT2D eigenvalue weighted by atomic mass is 32.2. The highest BCUT2D eigenvalue weighted by molar-refractivity contribution is 7.99. The van der Waals surface area contributed by atoms with E-state index in [1.807, 2.05) is 0 Å². The molecule has 0 amide bonds. The molecular formula is C21H51NO2SSi3. The van der Waals surface area contributed by atoms with Crippen LogP contribution in [0.3, 0.4) is 0 Å². The molecule has 0 aliphatic carbocycles. The SMILES string of the molecule is CC[Si](CC)(CC)N(CC(C)SCCC[Si](C)(OC)OC)[Si](CC)(CC)CC. The van der Waals surface area contributed by atoms with Gasteiger partial charge in [-0.1, -0.05) is 48.5 Å². The third kappa shape index (κ3) is 7.54. The van der Waals surface area contributed by atoms with Crippen molar-refractivity contribution in [2.24, 2.45) is 0 Å². The van der Waals surface area contributed by atoms with Crippen LogP contribution in [0.2, 0.25) is 48.9 Å². The number of hydrogen-bond donors (Lipinski definition) is 0. The number of hydrogen-bond acceptors (Lipinski definition) is 4. The zero-order valence-electron chi connectivity index (χ0n) is 20.8. The summed E-state index contributed by atoms with van der Waals surface area (Å²) in [4.78, 5) is 0. The molecule has 0 aliphatic rings.